The summed E-state index contributed by atoms with van der Waals surface area (Å²) in [6, 6.07) is 0. The molecule has 0 radical (unpaired) electrons. The largest absolute Gasteiger partial charge is 0.480 e. The molecule has 1 atom stereocenters. The Hall–Kier alpha value is -1.14. The lowest BCUT2D eigenvalue weighted by molar-refractivity contribution is -0.139. The maximum Gasteiger partial charge on any atom is 0.317 e. The van der Waals surface area contributed by atoms with Crippen molar-refractivity contribution in [3.05, 3.63) is 0 Å². The third-order valence-corrected chi connectivity index (χ3v) is 3.51. The number of amides is 1. The molecule has 18 heavy (non-hydrogen) atoms. The van der Waals surface area contributed by atoms with E-state index in [-0.39, 0.29) is 18.6 Å². The van der Waals surface area contributed by atoms with Crippen LogP contribution in [0.1, 0.15) is 19.3 Å². The second-order valence-electron chi connectivity index (χ2n) is 4.89. The Morgan fingerprint density at radius 3 is 2.50 bits per heavy atom. The van der Waals surface area contributed by atoms with E-state index in [0.29, 0.717) is 32.6 Å². The molecule has 0 aliphatic carbocycles. The summed E-state index contributed by atoms with van der Waals surface area (Å²) in [6.45, 7) is 3.36. The number of rotatable bonds is 4. The molecule has 1 unspecified atom stereocenters. The Morgan fingerprint density at radius 2 is 1.94 bits per heavy atom. The van der Waals surface area contributed by atoms with Gasteiger partial charge < -0.3 is 14.7 Å². The van der Waals surface area contributed by atoms with Crippen molar-refractivity contribution in [2.45, 2.75) is 25.4 Å². The van der Waals surface area contributed by atoms with Crippen molar-refractivity contribution in [1.29, 1.82) is 0 Å². The van der Waals surface area contributed by atoms with Crippen LogP contribution in [0.15, 0.2) is 0 Å². The van der Waals surface area contributed by atoms with Gasteiger partial charge in [-0.05, 0) is 12.8 Å². The SMILES string of the molecule is O=C(O)CN1CCN(C(=O)CC2CCCO2)CC1. The van der Waals surface area contributed by atoms with Crippen LogP contribution < -0.4 is 0 Å². The van der Waals surface area contributed by atoms with Crippen molar-refractivity contribution in [1.82, 2.24) is 9.80 Å². The first-order valence-electron chi connectivity index (χ1n) is 6.48. The normalized spacial score (nSPS) is 25.3. The summed E-state index contributed by atoms with van der Waals surface area (Å²) in [6.07, 6.45) is 2.59. The number of ether oxygens (including phenoxy) is 1. The van der Waals surface area contributed by atoms with Crippen LogP contribution in [0.25, 0.3) is 0 Å². The minimum Gasteiger partial charge on any atom is -0.480 e. The van der Waals surface area contributed by atoms with E-state index in [1.807, 2.05) is 9.80 Å². The maximum atomic E-state index is 12.0. The molecule has 6 heteroatoms. The van der Waals surface area contributed by atoms with Crippen molar-refractivity contribution in [3.8, 4) is 0 Å². The second-order valence-corrected chi connectivity index (χ2v) is 4.89. The molecular formula is C12H20N2O4. The van der Waals surface area contributed by atoms with Gasteiger partial charge in [0, 0.05) is 32.8 Å². The predicted octanol–water partition coefficient (Wildman–Crippen LogP) is -0.216. The van der Waals surface area contributed by atoms with Gasteiger partial charge >= 0.3 is 5.97 Å². The van der Waals surface area contributed by atoms with E-state index in [4.69, 9.17) is 9.84 Å². The minimum absolute atomic E-state index is 0.0633. The average molecular weight is 256 g/mol. The van der Waals surface area contributed by atoms with Crippen LogP contribution in [0.3, 0.4) is 0 Å². The Labute approximate surface area is 106 Å². The number of carbonyl (C=O) groups excluding carboxylic acids is 1. The molecule has 0 bridgehead atoms. The van der Waals surface area contributed by atoms with E-state index < -0.39 is 5.97 Å². The fourth-order valence-electron chi connectivity index (χ4n) is 2.48. The van der Waals surface area contributed by atoms with Crippen LogP contribution in [-0.2, 0) is 14.3 Å². The highest BCUT2D eigenvalue weighted by Gasteiger charge is 2.25. The highest BCUT2D eigenvalue weighted by atomic mass is 16.5. The molecule has 0 spiro atoms. The third kappa shape index (κ3) is 3.68. The molecule has 0 aromatic carbocycles. The molecule has 2 heterocycles. The number of carboxylic acids is 1. The summed E-state index contributed by atoms with van der Waals surface area (Å²) in [7, 11) is 0. The molecule has 2 aliphatic heterocycles. The minimum atomic E-state index is -0.811. The van der Waals surface area contributed by atoms with Gasteiger partial charge in [0.15, 0.2) is 0 Å². The Morgan fingerprint density at radius 1 is 1.22 bits per heavy atom. The summed E-state index contributed by atoms with van der Waals surface area (Å²) in [5.41, 5.74) is 0. The Balaban J connectivity index is 1.71. The number of piperazine rings is 1. The molecular weight excluding hydrogens is 236 g/mol. The first-order chi connectivity index (χ1) is 8.65. The monoisotopic (exact) mass is 256 g/mol. The van der Waals surface area contributed by atoms with Crippen molar-refractivity contribution < 1.29 is 19.4 Å². The van der Waals surface area contributed by atoms with E-state index in [1.54, 1.807) is 0 Å². The lowest BCUT2D eigenvalue weighted by Crippen LogP contribution is -2.50. The number of nitrogens with zero attached hydrogens (tertiary/aromatic N) is 2. The molecule has 0 aromatic rings. The molecule has 1 N–H and O–H groups in total. The van der Waals surface area contributed by atoms with E-state index in [2.05, 4.69) is 0 Å². The molecule has 6 nitrogen and oxygen atoms in total. The molecule has 2 aliphatic rings. The number of carboxylic acid groups (broad SMARTS) is 1. The molecule has 2 saturated heterocycles. The van der Waals surface area contributed by atoms with Crippen molar-refractivity contribution in [3.63, 3.8) is 0 Å². The van der Waals surface area contributed by atoms with E-state index in [0.717, 1.165) is 19.4 Å². The number of aliphatic carboxylic acids is 1. The smallest absolute Gasteiger partial charge is 0.317 e. The molecule has 2 rings (SSSR count). The first kappa shape index (κ1) is 13.3. The molecule has 0 saturated carbocycles. The third-order valence-electron chi connectivity index (χ3n) is 3.51. The predicted molar refractivity (Wildman–Crippen MR) is 64.2 cm³/mol. The van der Waals surface area contributed by atoms with Gasteiger partial charge in [0.2, 0.25) is 5.91 Å². The fourth-order valence-corrected chi connectivity index (χ4v) is 2.48. The van der Waals surface area contributed by atoms with Crippen molar-refractivity contribution in [2.75, 3.05) is 39.3 Å². The Bertz CT molecular complexity index is 307. The zero-order valence-corrected chi connectivity index (χ0v) is 10.5. The molecule has 1 amide bonds. The van der Waals surface area contributed by atoms with Gasteiger partial charge in [0.05, 0.1) is 19.1 Å². The van der Waals surface area contributed by atoms with Gasteiger partial charge in [-0.15, -0.1) is 0 Å². The summed E-state index contributed by atoms with van der Waals surface area (Å²) in [5, 5.41) is 8.69. The van der Waals surface area contributed by atoms with Gasteiger partial charge in [-0.2, -0.15) is 0 Å². The zero-order valence-electron chi connectivity index (χ0n) is 10.5. The second kappa shape index (κ2) is 6.15. The van der Waals surface area contributed by atoms with Gasteiger partial charge in [-0.1, -0.05) is 0 Å². The maximum absolute atomic E-state index is 12.0. The van der Waals surface area contributed by atoms with Gasteiger partial charge in [-0.3, -0.25) is 14.5 Å². The van der Waals surface area contributed by atoms with Crippen molar-refractivity contribution in [2.24, 2.45) is 0 Å². The number of hydrogen-bond donors (Lipinski definition) is 1. The van der Waals surface area contributed by atoms with E-state index in [9.17, 15) is 9.59 Å². The quantitative estimate of drug-likeness (QED) is 0.753. The topological polar surface area (TPSA) is 70.1 Å². The van der Waals surface area contributed by atoms with Crippen LogP contribution in [0.5, 0.6) is 0 Å². The Kier molecular flexibility index (Phi) is 4.54. The van der Waals surface area contributed by atoms with Crippen LogP contribution in [0, 0.1) is 0 Å². The summed E-state index contributed by atoms with van der Waals surface area (Å²) in [5.74, 6) is -0.675. The number of carbonyl (C=O) groups is 2. The molecule has 102 valence electrons. The lowest BCUT2D eigenvalue weighted by Gasteiger charge is -2.34. The van der Waals surface area contributed by atoms with Gasteiger partial charge in [0.25, 0.3) is 0 Å². The van der Waals surface area contributed by atoms with Crippen LogP contribution in [0.4, 0.5) is 0 Å². The first-order valence-corrected chi connectivity index (χ1v) is 6.48. The number of hydrogen-bond acceptors (Lipinski definition) is 4. The van der Waals surface area contributed by atoms with E-state index in [1.165, 1.54) is 0 Å². The summed E-state index contributed by atoms with van der Waals surface area (Å²) < 4.78 is 5.45. The van der Waals surface area contributed by atoms with Crippen LogP contribution in [0.2, 0.25) is 0 Å². The van der Waals surface area contributed by atoms with E-state index >= 15 is 0 Å². The molecule has 0 aromatic heterocycles. The highest BCUT2D eigenvalue weighted by molar-refractivity contribution is 5.77. The average Bonchev–Trinajstić information content (AvgIpc) is 2.82. The van der Waals surface area contributed by atoms with Gasteiger partial charge in [0.1, 0.15) is 0 Å². The summed E-state index contributed by atoms with van der Waals surface area (Å²) >= 11 is 0. The highest BCUT2D eigenvalue weighted by Crippen LogP contribution is 2.17. The van der Waals surface area contributed by atoms with Crippen LogP contribution in [-0.4, -0.2) is 72.2 Å². The van der Waals surface area contributed by atoms with Crippen molar-refractivity contribution >= 4 is 11.9 Å². The standard InChI is InChI=1S/C12H20N2O4/c15-11(8-10-2-1-7-18-10)14-5-3-13(4-6-14)9-12(16)17/h10H,1-9H2,(H,16,17). The lowest BCUT2D eigenvalue weighted by atomic mass is 10.1. The zero-order chi connectivity index (χ0) is 13.0. The molecule has 2 fully saturated rings. The summed E-state index contributed by atoms with van der Waals surface area (Å²) in [4.78, 5) is 26.2. The van der Waals surface area contributed by atoms with Gasteiger partial charge in [-0.25, -0.2) is 0 Å². The fraction of sp³-hybridized carbons (Fsp3) is 0.833. The van der Waals surface area contributed by atoms with Crippen LogP contribution >= 0.6 is 0 Å².